The van der Waals surface area contributed by atoms with Crippen LogP contribution in [0.3, 0.4) is 0 Å². The van der Waals surface area contributed by atoms with E-state index in [1.54, 1.807) is 29.7 Å². The van der Waals surface area contributed by atoms with Crippen molar-refractivity contribution in [1.29, 1.82) is 0 Å². The van der Waals surface area contributed by atoms with Crippen LogP contribution in [0.1, 0.15) is 9.75 Å². The Morgan fingerprint density at radius 3 is 2.75 bits per heavy atom. The van der Waals surface area contributed by atoms with Crippen LogP contribution in [-0.4, -0.2) is 18.7 Å². The first-order valence-electron chi connectivity index (χ1n) is 5.90. The summed E-state index contributed by atoms with van der Waals surface area (Å²) in [6.45, 7) is 1.95. The van der Waals surface area contributed by atoms with Crippen molar-refractivity contribution in [2.45, 2.75) is 6.92 Å². The van der Waals surface area contributed by atoms with E-state index in [4.69, 9.17) is 4.74 Å². The van der Waals surface area contributed by atoms with Gasteiger partial charge in [0, 0.05) is 14.2 Å². The summed E-state index contributed by atoms with van der Waals surface area (Å²) in [5.41, 5.74) is 2.42. The van der Waals surface area contributed by atoms with Crippen LogP contribution in [0.2, 0.25) is 0 Å². The first kappa shape index (κ1) is 14.7. The Kier molecular flexibility index (Phi) is 5.31. The number of nitrogens with one attached hydrogen (secondary N) is 1. The lowest BCUT2D eigenvalue weighted by molar-refractivity contribution is -0.123. The lowest BCUT2D eigenvalue weighted by Crippen LogP contribution is -2.24. The van der Waals surface area contributed by atoms with Crippen LogP contribution in [0, 0.1) is 6.92 Å². The average molecular weight is 353 g/mol. The SMILES string of the molecule is Cc1ccc(/C=N\NC(=O)COc2ccc(Br)cc2)s1. The van der Waals surface area contributed by atoms with Crippen molar-refractivity contribution in [2.24, 2.45) is 5.10 Å². The zero-order valence-corrected chi connectivity index (χ0v) is 13.2. The lowest BCUT2D eigenvalue weighted by Gasteiger charge is -2.04. The number of carbonyl (C=O) groups is 1. The van der Waals surface area contributed by atoms with Crippen LogP contribution < -0.4 is 10.2 Å². The molecular weight excluding hydrogens is 340 g/mol. The fraction of sp³-hybridized carbons (Fsp3) is 0.143. The summed E-state index contributed by atoms with van der Waals surface area (Å²) in [5.74, 6) is 0.346. The summed E-state index contributed by atoms with van der Waals surface area (Å²) in [7, 11) is 0. The minimum absolute atomic E-state index is 0.0670. The summed E-state index contributed by atoms with van der Waals surface area (Å²) >= 11 is 4.95. The molecule has 6 heteroatoms. The molecule has 0 aliphatic rings. The normalized spacial score (nSPS) is 10.7. The minimum Gasteiger partial charge on any atom is -0.484 e. The zero-order valence-electron chi connectivity index (χ0n) is 10.8. The van der Waals surface area contributed by atoms with Crippen molar-refractivity contribution >= 4 is 39.4 Å². The molecule has 1 heterocycles. The highest BCUT2D eigenvalue weighted by Gasteiger charge is 2.01. The van der Waals surface area contributed by atoms with Crippen molar-refractivity contribution in [3.05, 3.63) is 50.6 Å². The number of rotatable bonds is 5. The lowest BCUT2D eigenvalue weighted by atomic mass is 10.3. The summed E-state index contributed by atoms with van der Waals surface area (Å²) in [6, 6.07) is 11.2. The van der Waals surface area contributed by atoms with Crippen LogP contribution in [0.4, 0.5) is 0 Å². The van der Waals surface area contributed by atoms with Crippen molar-refractivity contribution in [1.82, 2.24) is 5.43 Å². The van der Waals surface area contributed by atoms with Gasteiger partial charge in [0.1, 0.15) is 5.75 Å². The molecule has 1 N–H and O–H groups in total. The molecular formula is C14H13BrN2O2S. The van der Waals surface area contributed by atoms with E-state index in [2.05, 4.69) is 26.5 Å². The molecule has 20 heavy (non-hydrogen) atoms. The molecule has 0 radical (unpaired) electrons. The number of thiophene rings is 1. The predicted molar refractivity (Wildman–Crippen MR) is 84.4 cm³/mol. The molecule has 0 saturated heterocycles. The Hall–Kier alpha value is -1.66. The van der Waals surface area contributed by atoms with Crippen molar-refractivity contribution in [2.75, 3.05) is 6.61 Å². The number of halogens is 1. The number of hydrazone groups is 1. The number of benzene rings is 1. The smallest absolute Gasteiger partial charge is 0.277 e. The zero-order chi connectivity index (χ0) is 14.4. The van der Waals surface area contributed by atoms with Crippen LogP contribution in [-0.2, 0) is 4.79 Å². The maximum absolute atomic E-state index is 11.5. The van der Waals surface area contributed by atoms with Crippen LogP contribution in [0.15, 0.2) is 46.0 Å². The highest BCUT2D eigenvalue weighted by atomic mass is 79.9. The van der Waals surface area contributed by atoms with Gasteiger partial charge in [-0.3, -0.25) is 4.79 Å². The van der Waals surface area contributed by atoms with Gasteiger partial charge in [0.05, 0.1) is 6.21 Å². The molecule has 0 spiro atoms. The molecule has 0 aliphatic carbocycles. The second kappa shape index (κ2) is 7.21. The Morgan fingerprint density at radius 2 is 2.10 bits per heavy atom. The molecule has 1 aromatic heterocycles. The number of hydrogen-bond acceptors (Lipinski definition) is 4. The van der Waals surface area contributed by atoms with Gasteiger partial charge in [-0.05, 0) is 43.3 Å². The molecule has 104 valence electrons. The van der Waals surface area contributed by atoms with Crippen molar-refractivity contribution in [3.63, 3.8) is 0 Å². The second-order valence-electron chi connectivity index (χ2n) is 3.98. The standard InChI is InChI=1S/C14H13BrN2O2S/c1-10-2-7-13(20-10)8-16-17-14(18)9-19-12-5-3-11(15)4-6-12/h2-8H,9H2,1H3,(H,17,18)/b16-8-. The van der Waals surface area contributed by atoms with E-state index in [0.29, 0.717) is 5.75 Å². The van der Waals surface area contributed by atoms with Gasteiger partial charge in [-0.15, -0.1) is 11.3 Å². The number of amides is 1. The monoisotopic (exact) mass is 352 g/mol. The van der Waals surface area contributed by atoms with Gasteiger partial charge in [0.15, 0.2) is 6.61 Å². The topological polar surface area (TPSA) is 50.7 Å². The van der Waals surface area contributed by atoms with Gasteiger partial charge in [-0.2, -0.15) is 5.10 Å². The van der Waals surface area contributed by atoms with Crippen molar-refractivity contribution in [3.8, 4) is 5.75 Å². The Morgan fingerprint density at radius 1 is 1.35 bits per heavy atom. The van der Waals surface area contributed by atoms with Gasteiger partial charge in [-0.1, -0.05) is 15.9 Å². The number of carbonyl (C=O) groups excluding carboxylic acids is 1. The molecule has 0 bridgehead atoms. The maximum Gasteiger partial charge on any atom is 0.277 e. The largest absolute Gasteiger partial charge is 0.484 e. The Balaban J connectivity index is 1.75. The van der Waals surface area contributed by atoms with Gasteiger partial charge in [-0.25, -0.2) is 5.43 Å². The molecule has 1 amide bonds. The average Bonchev–Trinajstić information content (AvgIpc) is 2.84. The number of aryl methyl sites for hydroxylation is 1. The summed E-state index contributed by atoms with van der Waals surface area (Å²) < 4.78 is 6.29. The van der Waals surface area contributed by atoms with Crippen LogP contribution >= 0.6 is 27.3 Å². The number of nitrogens with zero attached hydrogens (tertiary/aromatic N) is 1. The summed E-state index contributed by atoms with van der Waals surface area (Å²) in [6.07, 6.45) is 1.62. The molecule has 0 saturated carbocycles. The van der Waals surface area contributed by atoms with Crippen LogP contribution in [0.5, 0.6) is 5.75 Å². The van der Waals surface area contributed by atoms with E-state index in [1.165, 1.54) is 4.88 Å². The number of ether oxygens (including phenoxy) is 1. The fourth-order valence-corrected chi connectivity index (χ4v) is 2.42. The van der Waals surface area contributed by atoms with Crippen LogP contribution in [0.25, 0.3) is 0 Å². The van der Waals surface area contributed by atoms with E-state index < -0.39 is 0 Å². The minimum atomic E-state index is -0.294. The third-order valence-corrected chi connectivity index (χ3v) is 3.79. The van der Waals surface area contributed by atoms with Gasteiger partial charge in [0.2, 0.25) is 0 Å². The Bertz CT molecular complexity index is 608. The van der Waals surface area contributed by atoms with E-state index >= 15 is 0 Å². The molecule has 0 aliphatic heterocycles. The molecule has 1 aromatic carbocycles. The third-order valence-electron chi connectivity index (χ3n) is 2.33. The quantitative estimate of drug-likeness (QED) is 0.662. The van der Waals surface area contributed by atoms with Crippen molar-refractivity contribution < 1.29 is 9.53 Å². The first-order chi connectivity index (χ1) is 9.63. The Labute approximate surface area is 129 Å². The predicted octanol–water partition coefficient (Wildman–Crippen LogP) is 3.35. The maximum atomic E-state index is 11.5. The highest BCUT2D eigenvalue weighted by Crippen LogP contribution is 2.15. The van der Waals surface area contributed by atoms with E-state index in [0.717, 1.165) is 9.35 Å². The van der Waals surface area contributed by atoms with E-state index in [9.17, 15) is 4.79 Å². The van der Waals surface area contributed by atoms with Gasteiger partial charge in [0.25, 0.3) is 5.91 Å². The summed E-state index contributed by atoms with van der Waals surface area (Å²) in [5, 5.41) is 3.88. The molecule has 4 nitrogen and oxygen atoms in total. The van der Waals surface area contributed by atoms with E-state index in [-0.39, 0.29) is 12.5 Å². The highest BCUT2D eigenvalue weighted by molar-refractivity contribution is 9.10. The van der Waals surface area contributed by atoms with E-state index in [1.807, 2.05) is 31.2 Å². The third kappa shape index (κ3) is 4.79. The second-order valence-corrected chi connectivity index (χ2v) is 6.22. The molecule has 2 aromatic rings. The first-order valence-corrected chi connectivity index (χ1v) is 7.51. The molecule has 2 rings (SSSR count). The molecule has 0 unspecified atom stereocenters. The summed E-state index contributed by atoms with van der Waals surface area (Å²) in [4.78, 5) is 13.7. The molecule has 0 atom stereocenters. The van der Waals surface area contributed by atoms with Gasteiger partial charge < -0.3 is 4.74 Å². The fourth-order valence-electron chi connectivity index (χ4n) is 1.40. The number of hydrogen-bond donors (Lipinski definition) is 1. The molecule has 0 fully saturated rings. The van der Waals surface area contributed by atoms with Gasteiger partial charge >= 0.3 is 0 Å².